The van der Waals surface area contributed by atoms with Gasteiger partial charge in [0.1, 0.15) is 0 Å². The molecule has 0 unspecified atom stereocenters. The summed E-state index contributed by atoms with van der Waals surface area (Å²) < 4.78 is 0. The lowest BCUT2D eigenvalue weighted by Gasteiger charge is -2.04. The summed E-state index contributed by atoms with van der Waals surface area (Å²) in [6.45, 7) is 8.15. The topological polar surface area (TPSA) is 7.60 Å². The smallest absolute Gasteiger partial charge is 0.215 e. The van der Waals surface area contributed by atoms with Crippen LogP contribution < -0.4 is 0 Å². The van der Waals surface area contributed by atoms with Gasteiger partial charge in [-0.3, -0.25) is 0 Å². The Bertz CT molecular complexity index is 81.0. The molecular formula is C6H12N2. The molecule has 0 aromatic carbocycles. The van der Waals surface area contributed by atoms with Crippen molar-refractivity contribution in [2.75, 3.05) is 27.2 Å². The van der Waals surface area contributed by atoms with Crippen molar-refractivity contribution < 1.29 is 0 Å². The molecule has 2 heteroatoms. The zero-order chi connectivity index (χ0) is 6.41. The summed E-state index contributed by atoms with van der Waals surface area (Å²) in [7, 11) is 4.04. The van der Waals surface area contributed by atoms with E-state index < -0.39 is 0 Å². The van der Waals surface area contributed by atoms with Crippen molar-refractivity contribution in [3.05, 3.63) is 11.4 Å². The van der Waals surface area contributed by atoms with E-state index in [9.17, 15) is 0 Å². The van der Waals surface area contributed by atoms with E-state index in [0.717, 1.165) is 13.0 Å². The number of hydrogen-bond acceptors (Lipinski definition) is 1. The van der Waals surface area contributed by atoms with Crippen molar-refractivity contribution >= 4 is 0 Å². The highest BCUT2D eigenvalue weighted by Crippen LogP contribution is 1.82. The fraction of sp³-hybridized carbons (Fsp3) is 0.833. The van der Waals surface area contributed by atoms with Crippen LogP contribution in [0.4, 0.5) is 0 Å². The van der Waals surface area contributed by atoms with E-state index in [0.29, 0.717) is 6.54 Å². The van der Waals surface area contributed by atoms with E-state index in [1.165, 1.54) is 0 Å². The fourth-order valence-electron chi connectivity index (χ4n) is 0.466. The Hall–Kier alpha value is -0.550. The first-order chi connectivity index (χ1) is 3.77. The van der Waals surface area contributed by atoms with Crippen molar-refractivity contribution in [1.29, 1.82) is 0 Å². The van der Waals surface area contributed by atoms with E-state index in [-0.39, 0.29) is 0 Å². The Morgan fingerprint density at radius 3 is 2.50 bits per heavy atom. The van der Waals surface area contributed by atoms with Gasteiger partial charge in [0.2, 0.25) is 6.54 Å². The number of nitrogens with zero attached hydrogens (tertiary/aromatic N) is 2. The maximum absolute atomic E-state index is 6.45. The van der Waals surface area contributed by atoms with Crippen LogP contribution in [0.25, 0.3) is 4.85 Å². The quantitative estimate of drug-likeness (QED) is 0.388. The van der Waals surface area contributed by atoms with Gasteiger partial charge < -0.3 is 9.74 Å². The summed E-state index contributed by atoms with van der Waals surface area (Å²) in [6.07, 6.45) is 0.997. The average molecular weight is 112 g/mol. The van der Waals surface area contributed by atoms with E-state index in [4.69, 9.17) is 6.57 Å². The molecule has 0 saturated carbocycles. The second kappa shape index (κ2) is 4.61. The van der Waals surface area contributed by atoms with Crippen LogP contribution in [0.2, 0.25) is 0 Å². The first kappa shape index (κ1) is 7.45. The maximum atomic E-state index is 6.45. The van der Waals surface area contributed by atoms with Gasteiger partial charge in [-0.05, 0) is 14.1 Å². The molecule has 2 nitrogen and oxygen atoms in total. The molecule has 0 amide bonds. The van der Waals surface area contributed by atoms with Crippen molar-refractivity contribution in [2.45, 2.75) is 6.42 Å². The lowest BCUT2D eigenvalue weighted by Crippen LogP contribution is -2.13. The number of hydrogen-bond donors (Lipinski definition) is 0. The van der Waals surface area contributed by atoms with Crippen LogP contribution in [-0.4, -0.2) is 32.1 Å². The van der Waals surface area contributed by atoms with Crippen LogP contribution in [0.3, 0.4) is 0 Å². The molecule has 0 aliphatic rings. The largest absolute Gasteiger partial charge is 0.317 e. The molecule has 0 bridgehead atoms. The van der Waals surface area contributed by atoms with Crippen LogP contribution in [0.1, 0.15) is 6.42 Å². The molecule has 0 aromatic rings. The molecule has 0 saturated heterocycles. The lowest BCUT2D eigenvalue weighted by atomic mass is 10.4. The molecule has 0 aromatic heterocycles. The van der Waals surface area contributed by atoms with Crippen molar-refractivity contribution in [3.63, 3.8) is 0 Å². The van der Waals surface area contributed by atoms with E-state index in [1.807, 2.05) is 14.1 Å². The molecule has 0 radical (unpaired) electrons. The molecule has 0 spiro atoms. The van der Waals surface area contributed by atoms with E-state index >= 15 is 0 Å². The first-order valence-corrected chi connectivity index (χ1v) is 2.75. The summed E-state index contributed by atoms with van der Waals surface area (Å²) in [5.41, 5.74) is 0. The first-order valence-electron chi connectivity index (χ1n) is 2.75. The summed E-state index contributed by atoms with van der Waals surface area (Å²) >= 11 is 0. The molecule has 8 heavy (non-hydrogen) atoms. The van der Waals surface area contributed by atoms with Gasteiger partial charge in [0.05, 0.1) is 0 Å². The zero-order valence-corrected chi connectivity index (χ0v) is 5.52. The standard InChI is InChI=1S/C6H12N2/c1-7-5-4-6-8(2)3/h4-6H2,2-3H3. The molecule has 0 fully saturated rings. The second-order valence-electron chi connectivity index (χ2n) is 2.04. The molecule has 0 aliphatic heterocycles. The predicted molar refractivity (Wildman–Crippen MR) is 34.6 cm³/mol. The lowest BCUT2D eigenvalue weighted by molar-refractivity contribution is 0.407. The molecular weight excluding hydrogens is 100 g/mol. The van der Waals surface area contributed by atoms with Gasteiger partial charge in [-0.2, -0.15) is 0 Å². The minimum absolute atomic E-state index is 0.665. The molecule has 0 atom stereocenters. The van der Waals surface area contributed by atoms with E-state index in [2.05, 4.69) is 9.74 Å². The maximum Gasteiger partial charge on any atom is 0.215 e. The van der Waals surface area contributed by atoms with Gasteiger partial charge in [-0.1, -0.05) is 0 Å². The van der Waals surface area contributed by atoms with Gasteiger partial charge in [-0.25, -0.2) is 6.57 Å². The van der Waals surface area contributed by atoms with Gasteiger partial charge in [0.15, 0.2) is 0 Å². The molecule has 0 heterocycles. The minimum atomic E-state index is 0.665. The van der Waals surface area contributed by atoms with Crippen LogP contribution in [0, 0.1) is 6.57 Å². The minimum Gasteiger partial charge on any atom is -0.317 e. The number of rotatable bonds is 3. The summed E-state index contributed by atoms with van der Waals surface area (Å²) in [4.78, 5) is 5.32. The van der Waals surface area contributed by atoms with Crippen molar-refractivity contribution in [3.8, 4) is 0 Å². The summed E-state index contributed by atoms with van der Waals surface area (Å²) in [5, 5.41) is 0. The Kier molecular flexibility index (Phi) is 4.29. The van der Waals surface area contributed by atoms with Gasteiger partial charge in [-0.15, -0.1) is 0 Å². The molecule has 0 N–H and O–H groups in total. The Morgan fingerprint density at radius 1 is 1.50 bits per heavy atom. The zero-order valence-electron chi connectivity index (χ0n) is 5.52. The third kappa shape index (κ3) is 5.45. The van der Waals surface area contributed by atoms with Crippen molar-refractivity contribution in [1.82, 2.24) is 4.90 Å². The SMILES string of the molecule is [C-]#[N+]CCCN(C)C. The third-order valence-corrected chi connectivity index (χ3v) is 0.875. The summed E-state index contributed by atoms with van der Waals surface area (Å²) in [6, 6.07) is 0. The van der Waals surface area contributed by atoms with Gasteiger partial charge in [0.25, 0.3) is 0 Å². The highest BCUT2D eigenvalue weighted by atomic mass is 15.0. The normalized spacial score (nSPS) is 9.25. The van der Waals surface area contributed by atoms with Crippen LogP contribution >= 0.6 is 0 Å². The fourth-order valence-corrected chi connectivity index (χ4v) is 0.466. The van der Waals surface area contributed by atoms with Crippen LogP contribution in [-0.2, 0) is 0 Å². The highest BCUT2D eigenvalue weighted by molar-refractivity contribution is 4.58. The van der Waals surface area contributed by atoms with Gasteiger partial charge >= 0.3 is 0 Å². The monoisotopic (exact) mass is 112 g/mol. The average Bonchev–Trinajstić information content (AvgIpc) is 1.66. The molecule has 0 aliphatic carbocycles. The Labute approximate surface area is 50.9 Å². The molecule has 46 valence electrons. The Morgan fingerprint density at radius 2 is 2.12 bits per heavy atom. The Balaban J connectivity index is 2.85. The second-order valence-corrected chi connectivity index (χ2v) is 2.04. The van der Waals surface area contributed by atoms with Crippen molar-refractivity contribution in [2.24, 2.45) is 0 Å². The van der Waals surface area contributed by atoms with Gasteiger partial charge in [0, 0.05) is 13.0 Å². The van der Waals surface area contributed by atoms with Crippen LogP contribution in [0.5, 0.6) is 0 Å². The van der Waals surface area contributed by atoms with E-state index in [1.54, 1.807) is 0 Å². The highest BCUT2D eigenvalue weighted by Gasteiger charge is 1.89. The summed E-state index contributed by atoms with van der Waals surface area (Å²) in [5.74, 6) is 0. The van der Waals surface area contributed by atoms with Crippen LogP contribution in [0.15, 0.2) is 0 Å². The third-order valence-electron chi connectivity index (χ3n) is 0.875. The predicted octanol–water partition coefficient (Wildman–Crippen LogP) is 0.857. The molecule has 0 rings (SSSR count).